The van der Waals surface area contributed by atoms with Crippen LogP contribution in [0.25, 0.3) is 0 Å². The molecule has 1 amide bonds. The average molecular weight is 255 g/mol. The van der Waals surface area contributed by atoms with E-state index in [0.717, 1.165) is 6.42 Å². The Labute approximate surface area is 104 Å². The highest BCUT2D eigenvalue weighted by atomic mass is 16.4. The molecule has 4 N–H and O–H groups in total. The first-order valence-corrected chi connectivity index (χ1v) is 5.64. The van der Waals surface area contributed by atoms with Gasteiger partial charge in [-0.25, -0.2) is 4.68 Å². The molecule has 0 spiro atoms. The molecule has 0 aromatic carbocycles. The van der Waals surface area contributed by atoms with E-state index < -0.39 is 5.97 Å². The van der Waals surface area contributed by atoms with Crippen molar-refractivity contribution in [2.75, 3.05) is 0 Å². The maximum atomic E-state index is 11.4. The van der Waals surface area contributed by atoms with Gasteiger partial charge in [-0.3, -0.25) is 9.59 Å². The highest BCUT2D eigenvalue weighted by molar-refractivity contribution is 5.76. The normalized spacial score (nSPS) is 12.1. The number of nitrogens with two attached hydrogens (primary N) is 1. The summed E-state index contributed by atoms with van der Waals surface area (Å²) in [6.45, 7) is 1.88. The first kappa shape index (κ1) is 14.1. The molecule has 1 unspecified atom stereocenters. The minimum atomic E-state index is -0.996. The highest BCUT2D eigenvalue weighted by Gasteiger charge is 2.09. The summed E-state index contributed by atoms with van der Waals surface area (Å²) < 4.78 is 1.20. The fourth-order valence-electron chi connectivity index (χ4n) is 1.28. The molecule has 0 aliphatic carbocycles. The Hall–Kier alpha value is -1.96. The van der Waals surface area contributed by atoms with Gasteiger partial charge in [0.25, 0.3) is 0 Å². The van der Waals surface area contributed by atoms with Gasteiger partial charge in [0.2, 0.25) is 5.91 Å². The van der Waals surface area contributed by atoms with Crippen molar-refractivity contribution in [3.8, 4) is 0 Å². The van der Waals surface area contributed by atoms with Crippen molar-refractivity contribution in [1.82, 2.24) is 20.3 Å². The van der Waals surface area contributed by atoms with Crippen LogP contribution in [0.2, 0.25) is 0 Å². The number of hydrogen-bond donors (Lipinski definition) is 3. The quantitative estimate of drug-likeness (QED) is 0.580. The molecule has 1 aromatic heterocycles. The van der Waals surface area contributed by atoms with Gasteiger partial charge in [-0.2, -0.15) is 0 Å². The zero-order valence-corrected chi connectivity index (χ0v) is 10.2. The van der Waals surface area contributed by atoms with Gasteiger partial charge in [0.05, 0.1) is 12.7 Å². The van der Waals surface area contributed by atoms with Gasteiger partial charge in [0, 0.05) is 12.5 Å². The van der Waals surface area contributed by atoms with Gasteiger partial charge in [-0.15, -0.1) is 5.10 Å². The molecule has 18 heavy (non-hydrogen) atoms. The third-order valence-electron chi connectivity index (χ3n) is 2.32. The largest absolute Gasteiger partial charge is 0.480 e. The number of carbonyl (C=O) groups is 2. The number of carboxylic acid groups (broad SMARTS) is 1. The lowest BCUT2D eigenvalue weighted by atomic mass is 10.1. The fourth-order valence-corrected chi connectivity index (χ4v) is 1.28. The Morgan fingerprint density at radius 3 is 2.94 bits per heavy atom. The predicted octanol–water partition coefficient (Wildman–Crippen LogP) is -0.894. The molecular weight excluding hydrogens is 238 g/mol. The molecule has 0 saturated carbocycles. The van der Waals surface area contributed by atoms with E-state index in [9.17, 15) is 9.59 Å². The van der Waals surface area contributed by atoms with Crippen molar-refractivity contribution in [3.05, 3.63) is 11.9 Å². The van der Waals surface area contributed by atoms with Crippen LogP contribution in [-0.4, -0.2) is 38.0 Å². The molecule has 1 heterocycles. The van der Waals surface area contributed by atoms with Crippen molar-refractivity contribution in [2.45, 2.75) is 38.9 Å². The number of aliphatic carboxylic acids is 1. The molecule has 0 radical (unpaired) electrons. The number of rotatable bonds is 7. The number of carboxylic acids is 1. The zero-order valence-electron chi connectivity index (χ0n) is 10.2. The summed E-state index contributed by atoms with van der Waals surface area (Å²) in [6, 6.07) is -0.146. The number of nitrogens with one attached hydrogen (secondary N) is 1. The number of hydrogen-bond acceptors (Lipinski definition) is 5. The fraction of sp³-hybridized carbons (Fsp3) is 0.600. The van der Waals surface area contributed by atoms with Crippen molar-refractivity contribution >= 4 is 11.9 Å². The molecule has 0 aliphatic heterocycles. The molecule has 8 nitrogen and oxygen atoms in total. The lowest BCUT2D eigenvalue weighted by Gasteiger charge is -2.07. The van der Waals surface area contributed by atoms with Crippen LogP contribution in [0.5, 0.6) is 0 Å². The molecule has 0 fully saturated rings. The van der Waals surface area contributed by atoms with E-state index >= 15 is 0 Å². The van der Waals surface area contributed by atoms with Gasteiger partial charge in [0.1, 0.15) is 12.2 Å². The van der Waals surface area contributed by atoms with E-state index in [-0.39, 0.29) is 31.5 Å². The summed E-state index contributed by atoms with van der Waals surface area (Å²) in [4.78, 5) is 21.9. The van der Waals surface area contributed by atoms with Crippen LogP contribution in [0.15, 0.2) is 6.20 Å². The van der Waals surface area contributed by atoms with Crippen LogP contribution in [0.1, 0.15) is 25.5 Å². The van der Waals surface area contributed by atoms with E-state index in [2.05, 4.69) is 15.6 Å². The summed E-state index contributed by atoms with van der Waals surface area (Å²) in [6.07, 6.45) is 2.48. The van der Waals surface area contributed by atoms with Crippen LogP contribution < -0.4 is 11.1 Å². The first-order valence-electron chi connectivity index (χ1n) is 5.64. The first-order chi connectivity index (χ1) is 8.51. The van der Waals surface area contributed by atoms with Crippen LogP contribution in [-0.2, 0) is 22.7 Å². The van der Waals surface area contributed by atoms with Crippen molar-refractivity contribution in [3.63, 3.8) is 0 Å². The smallest absolute Gasteiger partial charge is 0.325 e. The summed E-state index contributed by atoms with van der Waals surface area (Å²) in [5.74, 6) is -1.15. The molecular formula is C10H17N5O3. The minimum Gasteiger partial charge on any atom is -0.480 e. The third-order valence-corrected chi connectivity index (χ3v) is 2.32. The molecule has 100 valence electrons. The Balaban J connectivity index is 2.37. The summed E-state index contributed by atoms with van der Waals surface area (Å²) in [5, 5.41) is 18.6. The van der Waals surface area contributed by atoms with Crippen molar-refractivity contribution < 1.29 is 14.7 Å². The molecule has 0 saturated heterocycles. The van der Waals surface area contributed by atoms with Gasteiger partial charge in [-0.1, -0.05) is 12.1 Å². The average Bonchev–Trinajstić information content (AvgIpc) is 2.73. The van der Waals surface area contributed by atoms with E-state index in [1.165, 1.54) is 10.9 Å². The monoisotopic (exact) mass is 255 g/mol. The van der Waals surface area contributed by atoms with E-state index in [4.69, 9.17) is 10.8 Å². The summed E-state index contributed by atoms with van der Waals surface area (Å²) in [5.41, 5.74) is 6.15. The van der Waals surface area contributed by atoms with E-state index in [1.54, 1.807) is 0 Å². The van der Waals surface area contributed by atoms with Crippen molar-refractivity contribution in [1.29, 1.82) is 0 Å². The maximum Gasteiger partial charge on any atom is 0.325 e. The Morgan fingerprint density at radius 2 is 2.33 bits per heavy atom. The zero-order chi connectivity index (χ0) is 13.5. The summed E-state index contributed by atoms with van der Waals surface area (Å²) in [7, 11) is 0. The molecule has 1 aromatic rings. The van der Waals surface area contributed by atoms with E-state index in [1.807, 2.05) is 6.92 Å². The maximum absolute atomic E-state index is 11.4. The van der Waals surface area contributed by atoms with Gasteiger partial charge in [0.15, 0.2) is 0 Å². The van der Waals surface area contributed by atoms with E-state index in [0.29, 0.717) is 5.69 Å². The van der Waals surface area contributed by atoms with Gasteiger partial charge < -0.3 is 16.2 Å². The molecule has 0 aliphatic rings. The molecule has 8 heteroatoms. The SMILES string of the molecule is CCC(N)CC(=O)NCc1cn(CC(=O)O)nn1. The molecule has 0 bridgehead atoms. The summed E-state index contributed by atoms with van der Waals surface area (Å²) >= 11 is 0. The number of amides is 1. The Bertz CT molecular complexity index is 417. The second-order valence-corrected chi connectivity index (χ2v) is 3.95. The Kier molecular flexibility index (Phi) is 5.25. The van der Waals surface area contributed by atoms with Gasteiger partial charge in [-0.05, 0) is 6.42 Å². The standard InChI is InChI=1S/C10H17N5O3/c1-2-7(11)3-9(16)12-4-8-5-15(14-13-8)6-10(17)18/h5,7H,2-4,6,11H2,1H3,(H,12,16)(H,17,18). The van der Waals surface area contributed by atoms with Crippen LogP contribution in [0, 0.1) is 0 Å². The number of nitrogens with zero attached hydrogens (tertiary/aromatic N) is 3. The van der Waals surface area contributed by atoms with Crippen molar-refractivity contribution in [2.24, 2.45) is 5.73 Å². The molecule has 1 atom stereocenters. The van der Waals surface area contributed by atoms with Gasteiger partial charge >= 0.3 is 5.97 Å². The van der Waals surface area contributed by atoms with Crippen LogP contribution in [0.3, 0.4) is 0 Å². The van der Waals surface area contributed by atoms with Crippen LogP contribution in [0.4, 0.5) is 0 Å². The van der Waals surface area contributed by atoms with Crippen LogP contribution >= 0.6 is 0 Å². The molecule has 1 rings (SSSR count). The predicted molar refractivity (Wildman–Crippen MR) is 62.4 cm³/mol. The number of aromatic nitrogens is 3. The lowest BCUT2D eigenvalue weighted by Crippen LogP contribution is -2.31. The minimum absolute atomic E-state index is 0.146. The topological polar surface area (TPSA) is 123 Å². The second-order valence-electron chi connectivity index (χ2n) is 3.95. The second kappa shape index (κ2) is 6.70. The third kappa shape index (κ3) is 4.91. The lowest BCUT2D eigenvalue weighted by molar-refractivity contribution is -0.138. The Morgan fingerprint density at radius 1 is 1.61 bits per heavy atom. The highest BCUT2D eigenvalue weighted by Crippen LogP contribution is 1.96. The number of carbonyl (C=O) groups excluding carboxylic acids is 1.